The first-order valence-electron chi connectivity index (χ1n) is 11.6. The van der Waals surface area contributed by atoms with Gasteiger partial charge in [-0.25, -0.2) is 0 Å². The Morgan fingerprint density at radius 2 is 1.75 bits per heavy atom. The highest BCUT2D eigenvalue weighted by atomic mass is 16.7. The van der Waals surface area contributed by atoms with E-state index in [0.29, 0.717) is 6.61 Å². The molecule has 2 aliphatic rings. The van der Waals surface area contributed by atoms with Crippen LogP contribution in [0.4, 0.5) is 0 Å². The largest absolute Gasteiger partial charge is 0.497 e. The van der Waals surface area contributed by atoms with Crippen molar-refractivity contribution in [2.75, 3.05) is 40.0 Å². The second-order valence-electron chi connectivity index (χ2n) is 8.63. The highest BCUT2D eigenvalue weighted by Gasteiger charge is 2.39. The van der Waals surface area contributed by atoms with Gasteiger partial charge in [-0.05, 0) is 36.2 Å². The molecule has 1 spiro atoms. The Kier molecular flexibility index (Phi) is 6.35. The normalized spacial score (nSPS) is 18.4. The minimum Gasteiger partial charge on any atom is -0.497 e. The van der Waals surface area contributed by atoms with Crippen molar-refractivity contribution in [3.05, 3.63) is 60.3 Å². The minimum atomic E-state index is -0.323. The summed E-state index contributed by atoms with van der Waals surface area (Å²) >= 11 is 0. The van der Waals surface area contributed by atoms with Crippen molar-refractivity contribution < 1.29 is 18.9 Å². The Morgan fingerprint density at radius 3 is 2.50 bits per heavy atom. The zero-order chi connectivity index (χ0) is 21.8. The maximum Gasteiger partial charge on any atom is 0.170 e. The number of rotatable bonds is 8. The van der Waals surface area contributed by atoms with Crippen LogP contribution in [0.15, 0.2) is 54.7 Å². The van der Waals surface area contributed by atoms with Gasteiger partial charge in [-0.3, -0.25) is 4.90 Å². The highest BCUT2D eigenvalue weighted by molar-refractivity contribution is 5.85. The van der Waals surface area contributed by atoms with Crippen molar-refractivity contribution >= 4 is 10.9 Å². The second-order valence-corrected chi connectivity index (χ2v) is 8.63. The van der Waals surface area contributed by atoms with Crippen molar-refractivity contribution in [1.29, 1.82) is 0 Å². The molecule has 0 amide bonds. The lowest BCUT2D eigenvalue weighted by molar-refractivity contribution is -0.185. The zero-order valence-corrected chi connectivity index (χ0v) is 18.8. The molecular weight excluding hydrogens is 404 g/mol. The topological polar surface area (TPSA) is 45.1 Å². The Balaban J connectivity index is 1.26. The fraction of sp³-hybridized carbons (Fsp3) is 0.462. The fourth-order valence-electron chi connectivity index (χ4n) is 4.81. The van der Waals surface area contributed by atoms with Crippen molar-refractivity contribution in [2.45, 2.75) is 38.1 Å². The number of hydrogen-bond donors (Lipinski definition) is 0. The van der Waals surface area contributed by atoms with Crippen molar-refractivity contribution in [1.82, 2.24) is 9.47 Å². The number of para-hydroxylation sites is 1. The average Bonchev–Trinajstić information content (AvgIpc) is 3.43. The van der Waals surface area contributed by atoms with E-state index < -0.39 is 0 Å². The molecular formula is C26H32N2O4. The molecule has 2 fully saturated rings. The van der Waals surface area contributed by atoms with Gasteiger partial charge in [-0.2, -0.15) is 0 Å². The zero-order valence-electron chi connectivity index (χ0n) is 18.8. The van der Waals surface area contributed by atoms with Gasteiger partial charge in [0.25, 0.3) is 0 Å². The molecule has 3 aromatic rings. The number of ether oxygens (including phenoxy) is 4. The molecule has 32 heavy (non-hydrogen) atoms. The van der Waals surface area contributed by atoms with Gasteiger partial charge in [0.1, 0.15) is 11.5 Å². The third-order valence-electron chi connectivity index (χ3n) is 6.55. The molecule has 0 atom stereocenters. The molecule has 6 heteroatoms. The average molecular weight is 437 g/mol. The summed E-state index contributed by atoms with van der Waals surface area (Å²) in [6.07, 6.45) is 5.13. The quantitative estimate of drug-likeness (QED) is 0.488. The van der Waals surface area contributed by atoms with E-state index in [-0.39, 0.29) is 5.79 Å². The van der Waals surface area contributed by atoms with Crippen LogP contribution in [0.3, 0.4) is 0 Å². The molecule has 170 valence electrons. The molecule has 1 aromatic heterocycles. The molecule has 0 unspecified atom stereocenters. The van der Waals surface area contributed by atoms with Gasteiger partial charge in [-0.15, -0.1) is 0 Å². The number of benzene rings is 2. The van der Waals surface area contributed by atoms with Gasteiger partial charge in [0.2, 0.25) is 0 Å². The number of hydrogen-bond acceptors (Lipinski definition) is 5. The van der Waals surface area contributed by atoms with Gasteiger partial charge in [0, 0.05) is 56.7 Å². The molecule has 6 nitrogen and oxygen atoms in total. The van der Waals surface area contributed by atoms with Crippen molar-refractivity contribution in [2.24, 2.45) is 0 Å². The minimum absolute atomic E-state index is 0.323. The summed E-state index contributed by atoms with van der Waals surface area (Å²) in [7, 11) is 1.72. The summed E-state index contributed by atoms with van der Waals surface area (Å²) in [4.78, 5) is 2.51. The third kappa shape index (κ3) is 4.63. The molecule has 0 bridgehead atoms. The molecule has 0 saturated carbocycles. The van der Waals surface area contributed by atoms with Crippen LogP contribution in [0.1, 0.15) is 24.8 Å². The van der Waals surface area contributed by atoms with E-state index in [9.17, 15) is 0 Å². The predicted molar refractivity (Wildman–Crippen MR) is 124 cm³/mol. The van der Waals surface area contributed by atoms with E-state index in [1.54, 1.807) is 7.11 Å². The Labute approximate surface area is 189 Å². The molecule has 0 N–H and O–H groups in total. The second kappa shape index (κ2) is 9.53. The predicted octanol–water partition coefficient (Wildman–Crippen LogP) is 4.46. The molecule has 0 radical (unpaired) electrons. The highest BCUT2D eigenvalue weighted by Crippen LogP contribution is 2.33. The van der Waals surface area contributed by atoms with E-state index in [4.69, 9.17) is 18.9 Å². The molecule has 3 heterocycles. The maximum atomic E-state index is 5.89. The lowest BCUT2D eigenvalue weighted by Crippen LogP contribution is -2.44. The molecule has 2 saturated heterocycles. The molecule has 0 aliphatic carbocycles. The summed E-state index contributed by atoms with van der Waals surface area (Å²) in [5.41, 5.74) is 2.57. The SMILES string of the molecule is COc1ccc2c(CN3CCC4(CC3)OCCO4)cn(CCCOc3ccccc3)c2c1. The van der Waals surface area contributed by atoms with Crippen LogP contribution in [0.2, 0.25) is 0 Å². The van der Waals surface area contributed by atoms with Crippen LogP contribution < -0.4 is 9.47 Å². The fourth-order valence-corrected chi connectivity index (χ4v) is 4.81. The first-order valence-corrected chi connectivity index (χ1v) is 11.6. The first kappa shape index (κ1) is 21.3. The summed E-state index contributed by atoms with van der Waals surface area (Å²) in [5.74, 6) is 1.49. The number of likely N-dealkylation sites (tertiary alicyclic amines) is 1. The van der Waals surface area contributed by atoms with Crippen molar-refractivity contribution in [3.8, 4) is 11.5 Å². The molecule has 5 rings (SSSR count). The Bertz CT molecular complexity index is 1020. The van der Waals surface area contributed by atoms with Gasteiger partial charge in [-0.1, -0.05) is 18.2 Å². The Hall–Kier alpha value is -2.54. The lowest BCUT2D eigenvalue weighted by Gasteiger charge is -2.37. The third-order valence-corrected chi connectivity index (χ3v) is 6.55. The van der Waals surface area contributed by atoms with Gasteiger partial charge < -0.3 is 23.5 Å². The summed E-state index contributed by atoms with van der Waals surface area (Å²) in [6, 6.07) is 16.4. The standard InChI is InChI=1S/C26H32N2O4/c1-29-23-8-9-24-21(19-27-13-10-26(11-14-27)31-16-17-32-26)20-28(25(24)18-23)12-5-15-30-22-6-3-2-4-7-22/h2-4,6-9,18,20H,5,10-17,19H2,1H3. The van der Waals surface area contributed by atoms with Crippen LogP contribution in [0, 0.1) is 0 Å². The molecule has 2 aliphatic heterocycles. The van der Waals surface area contributed by atoms with Gasteiger partial charge in [0.05, 0.1) is 32.4 Å². The maximum absolute atomic E-state index is 5.89. The van der Waals surface area contributed by atoms with E-state index in [2.05, 4.69) is 33.9 Å². The first-order chi connectivity index (χ1) is 15.7. The van der Waals surface area contributed by atoms with Crippen molar-refractivity contribution in [3.63, 3.8) is 0 Å². The van der Waals surface area contributed by atoms with E-state index in [1.165, 1.54) is 16.5 Å². The van der Waals surface area contributed by atoms with Crippen LogP contribution in [-0.4, -0.2) is 55.3 Å². The van der Waals surface area contributed by atoms with Crippen LogP contribution in [0.25, 0.3) is 10.9 Å². The van der Waals surface area contributed by atoms with E-state index in [0.717, 1.165) is 70.2 Å². The van der Waals surface area contributed by atoms with E-state index in [1.807, 2.05) is 30.3 Å². The van der Waals surface area contributed by atoms with E-state index >= 15 is 0 Å². The monoisotopic (exact) mass is 436 g/mol. The summed E-state index contributed by atoms with van der Waals surface area (Å²) in [6.45, 7) is 5.97. The van der Waals surface area contributed by atoms with Gasteiger partial charge >= 0.3 is 0 Å². The lowest BCUT2D eigenvalue weighted by atomic mass is 10.0. The van der Waals surface area contributed by atoms with Crippen LogP contribution >= 0.6 is 0 Å². The number of methoxy groups -OCH3 is 1. The number of piperidine rings is 1. The van der Waals surface area contributed by atoms with Crippen LogP contribution in [0.5, 0.6) is 11.5 Å². The summed E-state index contributed by atoms with van der Waals surface area (Å²) < 4.78 is 25.5. The smallest absolute Gasteiger partial charge is 0.170 e. The number of aromatic nitrogens is 1. The number of aryl methyl sites for hydroxylation is 1. The van der Waals surface area contributed by atoms with Gasteiger partial charge in [0.15, 0.2) is 5.79 Å². The number of nitrogens with zero attached hydrogens (tertiary/aromatic N) is 2. The Morgan fingerprint density at radius 1 is 0.969 bits per heavy atom. The van der Waals surface area contributed by atoms with Crippen LogP contribution in [-0.2, 0) is 22.6 Å². The molecule has 2 aromatic carbocycles. The number of fused-ring (bicyclic) bond motifs is 1. The summed E-state index contributed by atoms with van der Waals surface area (Å²) in [5, 5.41) is 1.29.